The SMILES string of the molecule is CCCCCC1(CCCCC)OC2C=C(C(=O)NCc3cccc(C(=O)NC(CO)CCC(=O)OC(C)(C)C)c3)CC(OC(=O)c3cccc(C=CCOC4OC(CO)C(O)C(O)C4O)c3)C2O1. The van der Waals surface area contributed by atoms with E-state index in [2.05, 4.69) is 24.5 Å². The summed E-state index contributed by atoms with van der Waals surface area (Å²) in [6.45, 7) is 8.59. The smallest absolute Gasteiger partial charge is 0.338 e. The molecule has 0 spiro atoms. The lowest BCUT2D eigenvalue weighted by Crippen LogP contribution is -2.59. The Morgan fingerprint density at radius 1 is 0.882 bits per heavy atom. The van der Waals surface area contributed by atoms with Crippen LogP contribution in [0.3, 0.4) is 0 Å². The fourth-order valence-electron chi connectivity index (χ4n) is 8.40. The van der Waals surface area contributed by atoms with Gasteiger partial charge in [-0.05, 0) is 81.5 Å². The number of esters is 2. The van der Waals surface area contributed by atoms with Gasteiger partial charge in [0, 0.05) is 43.4 Å². The van der Waals surface area contributed by atoms with Crippen LogP contribution in [0.4, 0.5) is 0 Å². The second-order valence-electron chi connectivity index (χ2n) is 18.7. The van der Waals surface area contributed by atoms with E-state index in [1.807, 2.05) is 0 Å². The Bertz CT molecular complexity index is 2020. The third-order valence-corrected chi connectivity index (χ3v) is 12.0. The first-order valence-corrected chi connectivity index (χ1v) is 23.9. The van der Waals surface area contributed by atoms with Crippen LogP contribution < -0.4 is 10.6 Å². The number of aliphatic hydroxyl groups is 5. The summed E-state index contributed by atoms with van der Waals surface area (Å²) >= 11 is 0. The summed E-state index contributed by atoms with van der Waals surface area (Å²) in [7, 11) is 0. The van der Waals surface area contributed by atoms with Crippen molar-refractivity contribution in [1.29, 1.82) is 0 Å². The summed E-state index contributed by atoms with van der Waals surface area (Å²) in [4.78, 5) is 53.4. The first-order valence-electron chi connectivity index (χ1n) is 23.9. The molecule has 2 saturated heterocycles. The minimum Gasteiger partial charge on any atom is -0.460 e. The van der Waals surface area contributed by atoms with E-state index >= 15 is 0 Å². The Kier molecular flexibility index (Phi) is 20.7. The highest BCUT2D eigenvalue weighted by atomic mass is 16.8. The number of aliphatic hydroxyl groups excluding tert-OH is 5. The molecule has 9 unspecified atom stereocenters. The Hall–Kier alpha value is -4.56. The molecule has 2 heterocycles. The largest absolute Gasteiger partial charge is 0.460 e. The topological polar surface area (TPSA) is 249 Å². The number of amides is 2. The Morgan fingerprint density at radius 3 is 2.26 bits per heavy atom. The van der Waals surface area contributed by atoms with Crippen molar-refractivity contribution >= 4 is 29.8 Å². The van der Waals surface area contributed by atoms with E-state index < -0.39 is 96.8 Å². The number of hydrogen-bond donors (Lipinski definition) is 7. The van der Waals surface area contributed by atoms with Crippen LogP contribution in [0.15, 0.2) is 66.3 Å². The van der Waals surface area contributed by atoms with Crippen molar-refractivity contribution in [2.75, 3.05) is 19.8 Å². The van der Waals surface area contributed by atoms with Crippen LogP contribution in [0.5, 0.6) is 0 Å². The molecule has 2 amide bonds. The van der Waals surface area contributed by atoms with Crippen LogP contribution in [0.2, 0.25) is 0 Å². The molecule has 9 atom stereocenters. The average molecular weight is 953 g/mol. The van der Waals surface area contributed by atoms with Crippen molar-refractivity contribution in [3.63, 3.8) is 0 Å². The second kappa shape index (κ2) is 25.9. The van der Waals surface area contributed by atoms with Crippen molar-refractivity contribution in [1.82, 2.24) is 10.6 Å². The third-order valence-electron chi connectivity index (χ3n) is 12.0. The number of fused-ring (bicyclic) bond motifs is 1. The molecule has 2 fully saturated rings. The van der Waals surface area contributed by atoms with Gasteiger partial charge in [0.05, 0.1) is 31.4 Å². The Morgan fingerprint density at radius 2 is 1.59 bits per heavy atom. The fraction of sp³-hybridized carbons (Fsp3) is 0.608. The van der Waals surface area contributed by atoms with E-state index in [1.54, 1.807) is 87.5 Å². The summed E-state index contributed by atoms with van der Waals surface area (Å²) in [5.41, 5.74) is 1.51. The molecule has 376 valence electrons. The molecule has 2 aromatic carbocycles. The van der Waals surface area contributed by atoms with Gasteiger partial charge in [0.25, 0.3) is 5.91 Å². The maximum atomic E-state index is 14.0. The number of benzene rings is 2. The number of carbonyl (C=O) groups is 4. The molecule has 0 aromatic heterocycles. The number of rotatable bonds is 24. The average Bonchev–Trinajstić information content (AvgIpc) is 3.69. The number of unbranched alkanes of at least 4 members (excludes halogenated alkanes) is 4. The number of nitrogens with one attached hydrogen (secondary N) is 2. The maximum absolute atomic E-state index is 14.0. The van der Waals surface area contributed by atoms with Crippen LogP contribution >= 0.6 is 0 Å². The molecular weight excluding hydrogens is 881 g/mol. The van der Waals surface area contributed by atoms with Gasteiger partial charge >= 0.3 is 11.9 Å². The highest BCUT2D eigenvalue weighted by Crippen LogP contribution is 2.43. The molecule has 68 heavy (non-hydrogen) atoms. The molecule has 3 aliphatic rings. The van der Waals surface area contributed by atoms with Gasteiger partial charge in [-0.3, -0.25) is 14.4 Å². The zero-order chi connectivity index (χ0) is 49.4. The molecule has 0 radical (unpaired) electrons. The third kappa shape index (κ3) is 15.7. The fourth-order valence-corrected chi connectivity index (χ4v) is 8.40. The van der Waals surface area contributed by atoms with E-state index in [-0.39, 0.29) is 44.6 Å². The van der Waals surface area contributed by atoms with Gasteiger partial charge < -0.3 is 64.6 Å². The molecule has 0 bridgehead atoms. The highest BCUT2D eigenvalue weighted by molar-refractivity contribution is 5.95. The van der Waals surface area contributed by atoms with E-state index in [1.165, 1.54) is 0 Å². The van der Waals surface area contributed by atoms with Crippen LogP contribution in [0.25, 0.3) is 6.08 Å². The van der Waals surface area contributed by atoms with Crippen molar-refractivity contribution in [2.24, 2.45) is 0 Å². The van der Waals surface area contributed by atoms with Crippen molar-refractivity contribution in [3.05, 3.63) is 88.5 Å². The molecule has 17 heteroatoms. The summed E-state index contributed by atoms with van der Waals surface area (Å²) in [6.07, 6.45) is 3.11. The molecular formula is C51H72N2O15. The molecule has 2 aromatic rings. The van der Waals surface area contributed by atoms with Gasteiger partial charge in [-0.1, -0.05) is 75.9 Å². The van der Waals surface area contributed by atoms with Gasteiger partial charge in [0.2, 0.25) is 5.91 Å². The molecule has 17 nitrogen and oxygen atoms in total. The molecule has 1 aliphatic carbocycles. The van der Waals surface area contributed by atoms with Gasteiger partial charge in [-0.2, -0.15) is 0 Å². The number of carbonyl (C=O) groups excluding carboxylic acids is 4. The van der Waals surface area contributed by atoms with Crippen molar-refractivity contribution in [2.45, 2.75) is 178 Å². The molecule has 5 rings (SSSR count). The lowest BCUT2D eigenvalue weighted by molar-refractivity contribution is -0.298. The molecule has 7 N–H and O–H groups in total. The Balaban J connectivity index is 1.26. The number of hydrogen-bond acceptors (Lipinski definition) is 15. The minimum atomic E-state index is -1.57. The van der Waals surface area contributed by atoms with Gasteiger partial charge in [0.1, 0.15) is 48.3 Å². The normalized spacial score (nSPS) is 25.0. The minimum absolute atomic E-state index is 0.0186. The van der Waals surface area contributed by atoms with Crippen molar-refractivity contribution < 1.29 is 73.1 Å². The first-order chi connectivity index (χ1) is 32.5. The predicted molar refractivity (Wildman–Crippen MR) is 250 cm³/mol. The lowest BCUT2D eigenvalue weighted by Gasteiger charge is -2.39. The summed E-state index contributed by atoms with van der Waals surface area (Å²) in [5.74, 6) is -2.84. The van der Waals surface area contributed by atoms with E-state index in [0.717, 1.165) is 38.5 Å². The van der Waals surface area contributed by atoms with Crippen LogP contribution in [0, 0.1) is 0 Å². The summed E-state index contributed by atoms with van der Waals surface area (Å²) in [5, 5.41) is 55.5. The van der Waals surface area contributed by atoms with Crippen molar-refractivity contribution in [3.8, 4) is 0 Å². The summed E-state index contributed by atoms with van der Waals surface area (Å²) < 4.78 is 36.1. The van der Waals surface area contributed by atoms with Crippen LogP contribution in [-0.2, 0) is 44.6 Å². The quantitative estimate of drug-likeness (QED) is 0.0564. The predicted octanol–water partition coefficient (Wildman–Crippen LogP) is 4.54. The zero-order valence-corrected chi connectivity index (χ0v) is 40.0. The maximum Gasteiger partial charge on any atom is 0.338 e. The van der Waals surface area contributed by atoms with E-state index in [9.17, 15) is 44.7 Å². The van der Waals surface area contributed by atoms with Crippen LogP contribution in [0.1, 0.15) is 137 Å². The van der Waals surface area contributed by atoms with Gasteiger partial charge in [-0.25, -0.2) is 4.79 Å². The van der Waals surface area contributed by atoms with E-state index in [0.29, 0.717) is 35.1 Å². The summed E-state index contributed by atoms with van der Waals surface area (Å²) in [6, 6.07) is 12.7. The monoisotopic (exact) mass is 952 g/mol. The van der Waals surface area contributed by atoms with E-state index in [4.69, 9.17) is 28.4 Å². The molecule has 2 aliphatic heterocycles. The number of ether oxygens (including phenoxy) is 6. The first kappa shape index (κ1) is 54.4. The van der Waals surface area contributed by atoms with Crippen LogP contribution in [-0.4, -0.2) is 136 Å². The molecule has 0 saturated carbocycles. The van der Waals surface area contributed by atoms with Gasteiger partial charge in [-0.15, -0.1) is 0 Å². The highest BCUT2D eigenvalue weighted by Gasteiger charge is 2.52. The second-order valence-corrected chi connectivity index (χ2v) is 18.7. The van der Waals surface area contributed by atoms with Gasteiger partial charge in [0.15, 0.2) is 12.1 Å². The lowest BCUT2D eigenvalue weighted by atomic mass is 9.91. The standard InChI is InChI=1S/C51H72N2O15/c1-6-8-10-22-51(23-11-9-7-2)66-39-28-36(46(60)52-29-33-16-13-18-34(26-33)47(61)53-37(30-54)20-21-41(56)67-50(3,4)5)27-38(45(39)68-51)64-48(62)35-19-12-15-32(25-35)17-14-24-63-49-44(59)43(58)42(57)40(31-55)65-49/h12-19,25-26,28,37-40,42-45,49,54-55,57-59H,6-11,20-24,27,29-31H2,1-5H3,(H,52,60)(H,53,61). The zero-order valence-electron chi connectivity index (χ0n) is 40.0. The Labute approximate surface area is 399 Å².